The van der Waals surface area contributed by atoms with Crippen molar-refractivity contribution in [1.82, 2.24) is 5.32 Å². The van der Waals surface area contributed by atoms with E-state index >= 15 is 0 Å². The maximum absolute atomic E-state index is 11.8. The van der Waals surface area contributed by atoms with Crippen LogP contribution in [0.15, 0.2) is 0 Å². The first-order chi connectivity index (χ1) is 7.87. The van der Waals surface area contributed by atoms with Gasteiger partial charge in [0, 0.05) is 23.9 Å². The smallest absolute Gasteiger partial charge is 0.224 e. The maximum atomic E-state index is 11.8. The summed E-state index contributed by atoms with van der Waals surface area (Å²) in [6.07, 6.45) is 3.73. The number of aliphatic hydroxyl groups excluding tert-OH is 1. The summed E-state index contributed by atoms with van der Waals surface area (Å²) in [6, 6.07) is -0.140. The number of aliphatic hydroxyl groups is 1. The van der Waals surface area contributed by atoms with Crippen molar-refractivity contribution in [3.8, 4) is 0 Å². The van der Waals surface area contributed by atoms with Crippen LogP contribution in [-0.2, 0) is 4.79 Å². The molecule has 0 bridgehead atoms. The molecule has 0 aromatic heterocycles. The number of nitrogens with two attached hydrogens (primary N) is 1. The van der Waals surface area contributed by atoms with Crippen LogP contribution in [0.3, 0.4) is 0 Å². The van der Waals surface area contributed by atoms with E-state index in [1.807, 2.05) is 20.8 Å². The van der Waals surface area contributed by atoms with Gasteiger partial charge in [0.05, 0.1) is 6.10 Å². The largest absolute Gasteiger partial charge is 0.392 e. The van der Waals surface area contributed by atoms with Gasteiger partial charge < -0.3 is 16.2 Å². The van der Waals surface area contributed by atoms with Crippen molar-refractivity contribution in [2.24, 2.45) is 17.1 Å². The fourth-order valence-electron chi connectivity index (χ4n) is 2.28. The SMILES string of the molecule is CC(N)C(C)C(=O)NCC1(C)CCCCC1O. The number of nitrogens with one attached hydrogen (secondary N) is 1. The van der Waals surface area contributed by atoms with E-state index in [4.69, 9.17) is 5.73 Å². The summed E-state index contributed by atoms with van der Waals surface area (Å²) < 4.78 is 0. The molecule has 4 atom stereocenters. The zero-order valence-electron chi connectivity index (χ0n) is 11.2. The molecule has 1 fully saturated rings. The summed E-state index contributed by atoms with van der Waals surface area (Å²) in [5.74, 6) is -0.196. The van der Waals surface area contributed by atoms with Gasteiger partial charge in [-0.25, -0.2) is 0 Å². The van der Waals surface area contributed by atoms with Crippen molar-refractivity contribution < 1.29 is 9.90 Å². The number of carbonyl (C=O) groups is 1. The molecule has 4 nitrogen and oxygen atoms in total. The van der Waals surface area contributed by atoms with Crippen LogP contribution in [0, 0.1) is 11.3 Å². The van der Waals surface area contributed by atoms with E-state index < -0.39 is 0 Å². The molecule has 0 aromatic rings. The van der Waals surface area contributed by atoms with Gasteiger partial charge in [0.1, 0.15) is 0 Å². The first-order valence-corrected chi connectivity index (χ1v) is 6.58. The van der Waals surface area contributed by atoms with Crippen molar-refractivity contribution in [3.05, 3.63) is 0 Å². The standard InChI is InChI=1S/C13H26N2O2/c1-9(10(2)14)12(17)15-8-13(3)7-5-4-6-11(13)16/h9-11,16H,4-8,14H2,1-3H3,(H,15,17). The zero-order valence-corrected chi connectivity index (χ0v) is 11.2. The number of hydrogen-bond acceptors (Lipinski definition) is 3. The highest BCUT2D eigenvalue weighted by atomic mass is 16.3. The molecule has 4 unspecified atom stereocenters. The summed E-state index contributed by atoms with van der Waals surface area (Å²) in [6.45, 7) is 6.26. The van der Waals surface area contributed by atoms with E-state index in [9.17, 15) is 9.90 Å². The Hall–Kier alpha value is -0.610. The molecular weight excluding hydrogens is 216 g/mol. The second kappa shape index (κ2) is 5.83. The Balaban J connectivity index is 2.46. The van der Waals surface area contributed by atoms with Gasteiger partial charge in [-0.15, -0.1) is 0 Å². The maximum Gasteiger partial charge on any atom is 0.224 e. The molecule has 4 heteroatoms. The Bertz CT molecular complexity index is 268. The highest BCUT2D eigenvalue weighted by molar-refractivity contribution is 5.78. The van der Waals surface area contributed by atoms with Crippen LogP contribution in [-0.4, -0.2) is 29.7 Å². The Morgan fingerprint density at radius 2 is 2.18 bits per heavy atom. The van der Waals surface area contributed by atoms with Gasteiger partial charge in [0.2, 0.25) is 5.91 Å². The van der Waals surface area contributed by atoms with Crippen LogP contribution >= 0.6 is 0 Å². The lowest BCUT2D eigenvalue weighted by Gasteiger charge is -2.38. The first kappa shape index (κ1) is 14.5. The van der Waals surface area contributed by atoms with Crippen LogP contribution in [0.2, 0.25) is 0 Å². The highest BCUT2D eigenvalue weighted by Gasteiger charge is 2.35. The molecule has 1 amide bonds. The lowest BCUT2D eigenvalue weighted by atomic mass is 9.73. The summed E-state index contributed by atoms with van der Waals surface area (Å²) in [5, 5.41) is 12.9. The molecule has 1 rings (SSSR count). The van der Waals surface area contributed by atoms with E-state index in [1.165, 1.54) is 0 Å². The molecule has 1 saturated carbocycles. The van der Waals surface area contributed by atoms with Crippen LogP contribution < -0.4 is 11.1 Å². The Morgan fingerprint density at radius 1 is 1.53 bits per heavy atom. The fourth-order valence-corrected chi connectivity index (χ4v) is 2.28. The van der Waals surface area contributed by atoms with Crippen LogP contribution in [0.25, 0.3) is 0 Å². The molecule has 17 heavy (non-hydrogen) atoms. The quantitative estimate of drug-likeness (QED) is 0.689. The van der Waals surface area contributed by atoms with Crippen molar-refractivity contribution in [2.75, 3.05) is 6.54 Å². The predicted octanol–water partition coefficient (Wildman–Crippen LogP) is 1.03. The summed E-state index contributed by atoms with van der Waals surface area (Å²) in [4.78, 5) is 11.8. The third kappa shape index (κ3) is 3.68. The minimum Gasteiger partial charge on any atom is -0.392 e. The first-order valence-electron chi connectivity index (χ1n) is 6.58. The fraction of sp³-hybridized carbons (Fsp3) is 0.923. The van der Waals surface area contributed by atoms with Gasteiger partial charge >= 0.3 is 0 Å². The minimum atomic E-state index is -0.304. The van der Waals surface area contributed by atoms with E-state index in [2.05, 4.69) is 5.32 Å². The number of rotatable bonds is 4. The van der Waals surface area contributed by atoms with Crippen molar-refractivity contribution in [3.63, 3.8) is 0 Å². The van der Waals surface area contributed by atoms with E-state index in [-0.39, 0.29) is 29.4 Å². The van der Waals surface area contributed by atoms with E-state index in [0.717, 1.165) is 25.7 Å². The highest BCUT2D eigenvalue weighted by Crippen LogP contribution is 2.35. The van der Waals surface area contributed by atoms with Gasteiger partial charge in [-0.3, -0.25) is 4.79 Å². The number of hydrogen-bond donors (Lipinski definition) is 3. The molecule has 0 radical (unpaired) electrons. The van der Waals surface area contributed by atoms with Gasteiger partial charge in [-0.2, -0.15) is 0 Å². The van der Waals surface area contributed by atoms with Crippen LogP contribution in [0.1, 0.15) is 46.5 Å². The zero-order chi connectivity index (χ0) is 13.1. The molecule has 1 aliphatic carbocycles. The molecular formula is C13H26N2O2. The average Bonchev–Trinajstić information content (AvgIpc) is 2.29. The van der Waals surface area contributed by atoms with E-state index in [0.29, 0.717) is 6.54 Å². The molecule has 1 aliphatic rings. The Morgan fingerprint density at radius 3 is 2.71 bits per heavy atom. The number of amides is 1. The molecule has 0 spiro atoms. The van der Waals surface area contributed by atoms with E-state index in [1.54, 1.807) is 0 Å². The normalized spacial score (nSPS) is 32.9. The molecule has 100 valence electrons. The summed E-state index contributed by atoms with van der Waals surface area (Å²) in [5.41, 5.74) is 5.52. The average molecular weight is 242 g/mol. The third-order valence-corrected chi connectivity index (χ3v) is 4.15. The molecule has 0 saturated heterocycles. The molecule has 0 heterocycles. The summed E-state index contributed by atoms with van der Waals surface area (Å²) >= 11 is 0. The minimum absolute atomic E-state index is 0.0148. The molecule has 0 aromatic carbocycles. The van der Waals surface area contributed by atoms with Crippen LogP contribution in [0.5, 0.6) is 0 Å². The molecule has 0 aliphatic heterocycles. The van der Waals surface area contributed by atoms with Crippen molar-refractivity contribution in [2.45, 2.75) is 58.6 Å². The van der Waals surface area contributed by atoms with Gasteiger partial charge in [0.25, 0.3) is 0 Å². The molecule has 4 N–H and O–H groups in total. The Kier molecular flexibility index (Phi) is 4.95. The van der Waals surface area contributed by atoms with Gasteiger partial charge in [-0.1, -0.05) is 26.7 Å². The predicted molar refractivity (Wildman–Crippen MR) is 68.4 cm³/mol. The van der Waals surface area contributed by atoms with Crippen LogP contribution in [0.4, 0.5) is 0 Å². The second-order valence-corrected chi connectivity index (χ2v) is 5.78. The summed E-state index contributed by atoms with van der Waals surface area (Å²) in [7, 11) is 0. The van der Waals surface area contributed by atoms with Gasteiger partial charge in [-0.05, 0) is 19.8 Å². The van der Waals surface area contributed by atoms with Crippen molar-refractivity contribution >= 4 is 5.91 Å². The van der Waals surface area contributed by atoms with Crippen molar-refractivity contribution in [1.29, 1.82) is 0 Å². The second-order valence-electron chi connectivity index (χ2n) is 5.78. The monoisotopic (exact) mass is 242 g/mol. The number of carbonyl (C=O) groups excluding carboxylic acids is 1. The Labute approximate surface area is 104 Å². The lowest BCUT2D eigenvalue weighted by Crippen LogP contribution is -2.48. The third-order valence-electron chi connectivity index (χ3n) is 4.15. The lowest BCUT2D eigenvalue weighted by molar-refractivity contribution is -0.126. The topological polar surface area (TPSA) is 75.4 Å². The van der Waals surface area contributed by atoms with Gasteiger partial charge in [0.15, 0.2) is 0 Å².